The third-order valence-corrected chi connectivity index (χ3v) is 17.2. The highest BCUT2D eigenvalue weighted by atomic mass is 35.5. The Morgan fingerprint density at radius 1 is 0.551 bits per heavy atom. The van der Waals surface area contributed by atoms with Gasteiger partial charge in [0.15, 0.2) is 0 Å². The number of hydrogen-bond acceptors (Lipinski definition) is 14. The number of benzene rings is 5. The van der Waals surface area contributed by atoms with E-state index in [-0.39, 0.29) is 51.6 Å². The summed E-state index contributed by atoms with van der Waals surface area (Å²) in [6.45, 7) is 11.0. The molecule has 0 atom stereocenters. The molecule has 20 nitrogen and oxygen atoms in total. The van der Waals surface area contributed by atoms with E-state index in [4.69, 9.17) is 32.7 Å². The minimum Gasteiger partial charge on any atom is -0.444 e. The molecule has 4 amide bonds. The zero-order chi connectivity index (χ0) is 63.0. The number of rotatable bonds is 14. The lowest BCUT2D eigenvalue weighted by molar-refractivity contribution is -0.121. The number of ether oxygens (including phenoxy) is 2. The minimum atomic E-state index is -3.90. The second kappa shape index (κ2) is 27.1. The molecule has 2 saturated carbocycles. The van der Waals surface area contributed by atoms with Gasteiger partial charge in [0.05, 0.1) is 44.2 Å². The Labute approximate surface area is 526 Å². The molecule has 5 aromatic carbocycles. The van der Waals surface area contributed by atoms with Crippen LogP contribution in [-0.2, 0) is 29.1 Å². The first-order valence-corrected chi connectivity index (χ1v) is 31.6. The third kappa shape index (κ3) is 16.2. The van der Waals surface area contributed by atoms with Gasteiger partial charge in [0.2, 0.25) is 23.7 Å². The summed E-state index contributed by atoms with van der Waals surface area (Å²) in [6, 6.07) is 38.0. The van der Waals surface area contributed by atoms with Crippen LogP contribution in [0, 0.1) is 11.8 Å². The number of amides is 4. The van der Waals surface area contributed by atoms with E-state index in [9.17, 15) is 27.6 Å². The molecule has 89 heavy (non-hydrogen) atoms. The van der Waals surface area contributed by atoms with Crippen LogP contribution in [0.3, 0.4) is 0 Å². The van der Waals surface area contributed by atoms with E-state index >= 15 is 0 Å². The van der Waals surface area contributed by atoms with E-state index in [1.165, 1.54) is 16.4 Å². The van der Waals surface area contributed by atoms with Crippen molar-refractivity contribution < 1.29 is 37.1 Å². The molecule has 0 bridgehead atoms. The molecule has 4 heterocycles. The highest BCUT2D eigenvalue weighted by Crippen LogP contribution is 2.38. The Bertz CT molecular complexity index is 4150. The van der Waals surface area contributed by atoms with Crippen LogP contribution in [0.2, 0.25) is 10.0 Å². The van der Waals surface area contributed by atoms with Crippen LogP contribution in [-0.4, -0.2) is 84.6 Å². The number of H-pyrrole nitrogens is 1. The summed E-state index contributed by atoms with van der Waals surface area (Å²) in [5, 5.41) is 20.6. The summed E-state index contributed by atoms with van der Waals surface area (Å²) >= 11 is 13.1. The van der Waals surface area contributed by atoms with Gasteiger partial charge in [-0.1, -0.05) is 89.9 Å². The van der Waals surface area contributed by atoms with Crippen molar-refractivity contribution in [3.05, 3.63) is 162 Å². The SMILES string of the molecule is CC(C)(C)OC(=O)NC1CCC(C(=O)Nc2cccc(Nc3ncc(Cl)c(-c4c[nH]c5ccccc45)n3)c2)CC1.CC(C)(C)OC(=O)NC1CCC(C(=O)Nc2cccc(Nc3ncc(Cl)c(-c4cn(S(=O)(=O)c5ccccc5)c5ccccc45)n3)c2)CC1. The number of anilines is 6. The monoisotopic (exact) mass is 1260 g/mol. The number of halogens is 2. The molecular weight excluding hydrogens is 1190 g/mol. The topological polar surface area (TPSA) is 265 Å². The van der Waals surface area contributed by atoms with Crippen molar-refractivity contribution in [3.63, 3.8) is 0 Å². The number of nitrogens with one attached hydrogen (secondary N) is 7. The number of aromatic amines is 1. The van der Waals surface area contributed by atoms with Gasteiger partial charge < -0.3 is 46.4 Å². The first kappa shape index (κ1) is 63.0. The van der Waals surface area contributed by atoms with Crippen LogP contribution >= 0.6 is 23.2 Å². The largest absolute Gasteiger partial charge is 0.444 e. The Hall–Kier alpha value is -9.05. The van der Waals surface area contributed by atoms with Crippen molar-refractivity contribution in [2.75, 3.05) is 21.3 Å². The molecular formula is C66H70Cl2N12O8S. The smallest absolute Gasteiger partial charge is 0.407 e. The van der Waals surface area contributed by atoms with Crippen LogP contribution in [0.25, 0.3) is 44.3 Å². The second-order valence-electron chi connectivity index (χ2n) is 24.0. The Morgan fingerprint density at radius 2 is 1.00 bits per heavy atom. The van der Waals surface area contributed by atoms with Crippen molar-refractivity contribution in [1.29, 1.82) is 0 Å². The molecule has 0 unspecified atom stereocenters. The van der Waals surface area contributed by atoms with Gasteiger partial charge in [-0.15, -0.1) is 0 Å². The predicted octanol–water partition coefficient (Wildman–Crippen LogP) is 14.8. The Morgan fingerprint density at radius 3 is 1.51 bits per heavy atom. The first-order valence-electron chi connectivity index (χ1n) is 29.4. The Balaban J connectivity index is 0.000000200. The van der Waals surface area contributed by atoms with E-state index in [0.717, 1.165) is 35.0 Å². The van der Waals surface area contributed by atoms with Crippen LogP contribution in [0.4, 0.5) is 44.2 Å². The molecule has 0 saturated heterocycles. The lowest BCUT2D eigenvalue weighted by Gasteiger charge is -2.29. The maximum Gasteiger partial charge on any atom is 0.407 e. The molecule has 2 fully saturated rings. The first-order chi connectivity index (χ1) is 42.5. The maximum atomic E-state index is 13.6. The molecule has 9 aromatic rings. The van der Waals surface area contributed by atoms with E-state index in [2.05, 4.69) is 56.8 Å². The molecule has 4 aromatic heterocycles. The Kier molecular flexibility index (Phi) is 19.2. The van der Waals surface area contributed by atoms with E-state index < -0.39 is 33.4 Å². The van der Waals surface area contributed by atoms with Gasteiger partial charge >= 0.3 is 12.2 Å². The summed E-state index contributed by atoms with van der Waals surface area (Å²) in [6.07, 6.45) is 11.1. The number of nitrogens with zero attached hydrogens (tertiary/aromatic N) is 5. The molecule has 0 radical (unpaired) electrons. The maximum absolute atomic E-state index is 13.6. The minimum absolute atomic E-state index is 0.0138. The molecule has 11 rings (SSSR count). The van der Waals surface area contributed by atoms with Crippen LogP contribution in [0.1, 0.15) is 92.9 Å². The molecule has 0 spiro atoms. The van der Waals surface area contributed by atoms with Crippen molar-refractivity contribution in [2.24, 2.45) is 11.8 Å². The quantitative estimate of drug-likeness (QED) is 0.0534. The van der Waals surface area contributed by atoms with Gasteiger partial charge in [0, 0.05) is 86.5 Å². The van der Waals surface area contributed by atoms with Crippen molar-refractivity contribution >= 4 is 114 Å². The lowest BCUT2D eigenvalue weighted by Crippen LogP contribution is -2.42. The molecule has 2 aliphatic carbocycles. The number of hydrogen-bond donors (Lipinski definition) is 7. The summed E-state index contributed by atoms with van der Waals surface area (Å²) in [5.74, 6) is 0.220. The van der Waals surface area contributed by atoms with Gasteiger partial charge in [-0.05, 0) is 154 Å². The normalized spacial score (nSPS) is 16.9. The summed E-state index contributed by atoms with van der Waals surface area (Å²) in [5.41, 5.74) is 5.43. The molecule has 2 aliphatic rings. The van der Waals surface area contributed by atoms with E-state index in [1.54, 1.807) is 66.9 Å². The number of aromatic nitrogens is 6. The van der Waals surface area contributed by atoms with Crippen molar-refractivity contribution in [3.8, 4) is 22.5 Å². The third-order valence-electron chi connectivity index (χ3n) is 15.0. The highest BCUT2D eigenvalue weighted by molar-refractivity contribution is 7.90. The van der Waals surface area contributed by atoms with Gasteiger partial charge in [0.1, 0.15) is 11.2 Å². The van der Waals surface area contributed by atoms with Gasteiger partial charge in [0.25, 0.3) is 10.0 Å². The fraction of sp³-hybridized carbons (Fsp3) is 0.303. The number of carbonyl (C=O) groups excluding carboxylic acids is 4. The highest BCUT2D eigenvalue weighted by Gasteiger charge is 2.31. The number of alkyl carbamates (subject to hydrolysis) is 2. The van der Waals surface area contributed by atoms with Crippen molar-refractivity contribution in [2.45, 2.75) is 121 Å². The number of para-hydroxylation sites is 2. The van der Waals surface area contributed by atoms with Gasteiger partial charge in [-0.2, -0.15) is 0 Å². The fourth-order valence-corrected chi connectivity index (χ4v) is 12.6. The molecule has 7 N–H and O–H groups in total. The average molecular weight is 1260 g/mol. The van der Waals surface area contributed by atoms with E-state index in [1.807, 2.05) is 114 Å². The van der Waals surface area contributed by atoms with Gasteiger partial charge in [-0.25, -0.2) is 41.9 Å². The number of carbonyl (C=O) groups is 4. The number of fused-ring (bicyclic) bond motifs is 2. The predicted molar refractivity (Wildman–Crippen MR) is 348 cm³/mol. The zero-order valence-electron chi connectivity index (χ0n) is 50.1. The standard InChI is InChI=1S/C36H37ClN6O5S.C30H33ClN6O3/c1-36(2,3)48-35(45)41-24-18-16-23(17-19-24)33(44)39-25-10-9-11-26(20-25)40-34-38-21-30(37)32(42-34)29-22-43(31-15-8-7-14-28(29)31)49(46,47)27-12-5-4-6-13-27;1-30(2,3)40-29(39)36-19-13-11-18(12-14-19)27(38)34-20-7-6-8-21(15-20)35-28-33-17-24(31)26(37-28)23-16-32-25-10-5-4-9-22(23)25/h4-15,20-24H,16-19H2,1-3H3,(H,39,44)(H,41,45)(H,38,40,42);4-10,15-19,32H,11-14H2,1-3H3,(H,34,38)(H,36,39)(H,33,35,37). The van der Waals surface area contributed by atoms with E-state index in [0.29, 0.717) is 94.4 Å². The average Bonchev–Trinajstić information content (AvgIpc) is 1.67. The van der Waals surface area contributed by atoms with Crippen LogP contribution < -0.4 is 31.9 Å². The molecule has 23 heteroatoms. The van der Waals surface area contributed by atoms with Gasteiger partial charge in [-0.3, -0.25) is 9.59 Å². The van der Waals surface area contributed by atoms with Crippen molar-refractivity contribution in [1.82, 2.24) is 39.5 Å². The van der Waals surface area contributed by atoms with Crippen LogP contribution in [0.15, 0.2) is 157 Å². The van der Waals surface area contributed by atoms with Crippen LogP contribution in [0.5, 0.6) is 0 Å². The molecule has 462 valence electrons. The zero-order valence-corrected chi connectivity index (χ0v) is 52.4. The lowest BCUT2D eigenvalue weighted by atomic mass is 9.85. The second-order valence-corrected chi connectivity index (χ2v) is 26.6. The molecule has 0 aliphatic heterocycles. The summed E-state index contributed by atoms with van der Waals surface area (Å²) in [7, 11) is -3.90. The summed E-state index contributed by atoms with van der Waals surface area (Å²) < 4.78 is 39.2. The fourth-order valence-electron chi connectivity index (χ4n) is 10.8. The summed E-state index contributed by atoms with van der Waals surface area (Å²) in [4.78, 5) is 71.8.